The second-order valence-electron chi connectivity index (χ2n) is 8.07. The average Bonchev–Trinajstić information content (AvgIpc) is 3.52. The van der Waals surface area contributed by atoms with Crippen LogP contribution in [-0.4, -0.2) is 49.6 Å². The molecule has 1 fully saturated rings. The number of fused-ring (bicyclic) bond motifs is 1. The highest BCUT2D eigenvalue weighted by molar-refractivity contribution is 7.90. The Morgan fingerprint density at radius 2 is 1.84 bits per heavy atom. The predicted octanol–water partition coefficient (Wildman–Crippen LogP) is 3.84. The molecule has 0 saturated heterocycles. The molecule has 1 atom stereocenters. The van der Waals surface area contributed by atoms with Crippen LogP contribution in [0.3, 0.4) is 0 Å². The van der Waals surface area contributed by atoms with Crippen molar-refractivity contribution in [3.63, 3.8) is 0 Å². The molecular formula is C22H22F3N3O3S. The van der Waals surface area contributed by atoms with Crippen molar-refractivity contribution in [3.8, 4) is 0 Å². The first-order chi connectivity index (χ1) is 15.0. The second-order valence-corrected chi connectivity index (χ2v) is 9.65. The van der Waals surface area contributed by atoms with E-state index in [0.717, 1.165) is 25.0 Å². The lowest BCUT2D eigenvalue weighted by Gasteiger charge is -2.32. The van der Waals surface area contributed by atoms with Crippen LogP contribution >= 0.6 is 0 Å². The minimum atomic E-state index is -4.47. The van der Waals surface area contributed by atoms with Crippen molar-refractivity contribution < 1.29 is 26.4 Å². The molecule has 1 heterocycles. The van der Waals surface area contributed by atoms with Crippen LogP contribution in [0.2, 0.25) is 0 Å². The van der Waals surface area contributed by atoms with Gasteiger partial charge in [-0.25, -0.2) is 0 Å². The van der Waals surface area contributed by atoms with E-state index in [1.165, 1.54) is 17.0 Å². The molecule has 10 heteroatoms. The molecule has 0 spiro atoms. The highest BCUT2D eigenvalue weighted by Crippen LogP contribution is 2.37. The smallest absolute Gasteiger partial charge is 0.349 e. The van der Waals surface area contributed by atoms with E-state index in [1.54, 1.807) is 43.1 Å². The van der Waals surface area contributed by atoms with Gasteiger partial charge >= 0.3 is 6.18 Å². The maximum atomic E-state index is 13.2. The van der Waals surface area contributed by atoms with E-state index >= 15 is 0 Å². The maximum Gasteiger partial charge on any atom is 0.416 e. The van der Waals surface area contributed by atoms with Crippen LogP contribution in [0.25, 0.3) is 0 Å². The zero-order valence-corrected chi connectivity index (χ0v) is 18.3. The summed E-state index contributed by atoms with van der Waals surface area (Å²) in [4.78, 5) is 16.4. The number of amidine groups is 1. The van der Waals surface area contributed by atoms with Crippen molar-refractivity contribution in [2.75, 3.05) is 13.6 Å². The number of sulfonamides is 1. The molecule has 0 aromatic heterocycles. The van der Waals surface area contributed by atoms with Crippen LogP contribution in [-0.2, 0) is 21.0 Å². The van der Waals surface area contributed by atoms with Crippen molar-refractivity contribution in [2.24, 2.45) is 4.40 Å². The Labute approximate surface area is 184 Å². The fourth-order valence-electron chi connectivity index (χ4n) is 3.95. The third kappa shape index (κ3) is 4.23. The van der Waals surface area contributed by atoms with Gasteiger partial charge in [-0.3, -0.25) is 4.79 Å². The largest absolute Gasteiger partial charge is 0.416 e. The minimum Gasteiger partial charge on any atom is -0.349 e. The first kappa shape index (κ1) is 22.3. The normalized spacial score (nSPS) is 18.0. The summed E-state index contributed by atoms with van der Waals surface area (Å²) in [5, 5.41) is 0. The number of carbonyl (C=O) groups excluding carboxylic acids is 1. The van der Waals surface area contributed by atoms with E-state index in [1.807, 2.05) is 0 Å². The van der Waals surface area contributed by atoms with Crippen molar-refractivity contribution in [1.29, 1.82) is 0 Å². The molecular weight excluding hydrogens is 443 g/mol. The van der Waals surface area contributed by atoms with E-state index < -0.39 is 27.8 Å². The molecule has 4 rings (SSSR count). The van der Waals surface area contributed by atoms with E-state index in [9.17, 15) is 26.4 Å². The van der Waals surface area contributed by atoms with Gasteiger partial charge in [-0.15, -0.1) is 4.40 Å². The minimum absolute atomic E-state index is 0.0537. The molecule has 2 aliphatic rings. The number of amides is 1. The Morgan fingerprint density at radius 1 is 1.16 bits per heavy atom. The number of hydrogen-bond acceptors (Lipinski definition) is 4. The Bertz CT molecular complexity index is 1190. The second kappa shape index (κ2) is 7.91. The monoisotopic (exact) mass is 465 g/mol. The van der Waals surface area contributed by atoms with Crippen LogP contribution in [0.4, 0.5) is 13.2 Å². The van der Waals surface area contributed by atoms with Crippen LogP contribution < -0.4 is 0 Å². The van der Waals surface area contributed by atoms with Gasteiger partial charge in [0.2, 0.25) is 5.91 Å². The molecule has 2 aromatic rings. The molecule has 0 N–H and O–H groups in total. The first-order valence-corrected chi connectivity index (χ1v) is 11.6. The van der Waals surface area contributed by atoms with Gasteiger partial charge in [-0.05, 0) is 49.6 Å². The van der Waals surface area contributed by atoms with Crippen molar-refractivity contribution in [2.45, 2.75) is 42.9 Å². The van der Waals surface area contributed by atoms with Crippen molar-refractivity contribution in [1.82, 2.24) is 9.80 Å². The number of alkyl halides is 3. The summed E-state index contributed by atoms with van der Waals surface area (Å²) < 4.78 is 67.9. The van der Waals surface area contributed by atoms with E-state index in [0.29, 0.717) is 11.1 Å². The Kier molecular flexibility index (Phi) is 5.52. The molecule has 170 valence electrons. The number of carbonyl (C=O) groups is 1. The van der Waals surface area contributed by atoms with Gasteiger partial charge in [0.15, 0.2) is 5.84 Å². The third-order valence-electron chi connectivity index (χ3n) is 5.69. The molecule has 6 nitrogen and oxygen atoms in total. The van der Waals surface area contributed by atoms with Gasteiger partial charge in [-0.2, -0.15) is 21.6 Å². The Balaban J connectivity index is 1.57. The number of nitrogens with zero attached hydrogens (tertiary/aromatic N) is 3. The number of benzene rings is 2. The lowest BCUT2D eigenvalue weighted by molar-refractivity contribution is -0.137. The number of halogens is 3. The van der Waals surface area contributed by atoms with E-state index in [-0.39, 0.29) is 29.2 Å². The lowest BCUT2D eigenvalue weighted by atomic mass is 10.0. The summed E-state index contributed by atoms with van der Waals surface area (Å²) in [6, 6.07) is 10.8. The molecule has 0 radical (unpaired) electrons. The van der Waals surface area contributed by atoms with Gasteiger partial charge in [0.25, 0.3) is 10.0 Å². The van der Waals surface area contributed by atoms with Crippen LogP contribution in [0.5, 0.6) is 0 Å². The maximum absolute atomic E-state index is 13.2. The predicted molar refractivity (Wildman–Crippen MR) is 113 cm³/mol. The van der Waals surface area contributed by atoms with Crippen LogP contribution in [0, 0.1) is 0 Å². The highest BCUT2D eigenvalue weighted by atomic mass is 32.2. The van der Waals surface area contributed by atoms with Gasteiger partial charge in [0.1, 0.15) is 4.90 Å². The summed E-state index contributed by atoms with van der Waals surface area (Å²) in [6.45, 7) is 1.56. The fraction of sp³-hybridized carbons (Fsp3) is 0.364. The quantitative estimate of drug-likeness (QED) is 0.673. The first-order valence-electron chi connectivity index (χ1n) is 10.1. The van der Waals surface area contributed by atoms with Gasteiger partial charge in [0, 0.05) is 18.7 Å². The van der Waals surface area contributed by atoms with Gasteiger partial charge < -0.3 is 9.80 Å². The van der Waals surface area contributed by atoms with Crippen LogP contribution in [0.15, 0.2) is 57.8 Å². The fourth-order valence-corrected chi connectivity index (χ4v) is 5.20. The third-order valence-corrected chi connectivity index (χ3v) is 7.01. The summed E-state index contributed by atoms with van der Waals surface area (Å²) in [5.41, 5.74) is 0.0600. The number of likely N-dealkylation sites (N-methyl/N-ethyl adjacent to an activating group) is 1. The topological polar surface area (TPSA) is 70.1 Å². The summed E-state index contributed by atoms with van der Waals surface area (Å²) in [5.74, 6) is -0.124. The van der Waals surface area contributed by atoms with Gasteiger partial charge in [-0.1, -0.05) is 24.3 Å². The van der Waals surface area contributed by atoms with Crippen LogP contribution in [0.1, 0.15) is 42.5 Å². The summed E-state index contributed by atoms with van der Waals surface area (Å²) >= 11 is 0. The zero-order valence-electron chi connectivity index (χ0n) is 17.5. The number of rotatable bonds is 5. The number of hydrogen-bond donors (Lipinski definition) is 0. The molecule has 1 saturated carbocycles. The average molecular weight is 465 g/mol. The summed E-state index contributed by atoms with van der Waals surface area (Å²) in [7, 11) is -2.25. The Hall–Kier alpha value is -2.88. The summed E-state index contributed by atoms with van der Waals surface area (Å²) in [6.07, 6.45) is -2.92. The molecule has 1 unspecified atom stereocenters. The van der Waals surface area contributed by atoms with Crippen molar-refractivity contribution in [3.05, 3.63) is 65.2 Å². The van der Waals surface area contributed by atoms with E-state index in [4.69, 9.17) is 0 Å². The zero-order chi connectivity index (χ0) is 23.3. The molecule has 1 aliphatic carbocycles. The lowest BCUT2D eigenvalue weighted by Crippen LogP contribution is -2.43. The molecule has 1 aliphatic heterocycles. The van der Waals surface area contributed by atoms with Gasteiger partial charge in [0.05, 0.1) is 18.2 Å². The van der Waals surface area contributed by atoms with Crippen molar-refractivity contribution >= 4 is 21.8 Å². The Morgan fingerprint density at radius 3 is 2.50 bits per heavy atom. The standard InChI is InChI=1S/C22H22F3N3O3S/c1-14(15-6-5-7-16(12-15)22(23,24)25)28(17-10-11-17)20(29)13-27(2)21-18-8-3-4-9-19(18)32(30,31)26-21/h3-9,12,14,17H,10-11,13H2,1-2H3. The SMILES string of the molecule is CC(c1cccc(C(F)(F)F)c1)N(C(=O)CN(C)C1=NS(=O)(=O)c2ccccc21)C1CC1. The molecule has 0 bridgehead atoms. The van der Waals surface area contributed by atoms with E-state index in [2.05, 4.69) is 4.40 Å². The molecule has 32 heavy (non-hydrogen) atoms. The molecule has 1 amide bonds. The molecule has 2 aromatic carbocycles. The highest BCUT2D eigenvalue weighted by Gasteiger charge is 2.39.